The maximum absolute atomic E-state index is 12.5. The molecule has 4 rings (SSSR count). The molecule has 13 heteroatoms. The van der Waals surface area contributed by atoms with Gasteiger partial charge in [0.05, 0.1) is 4.90 Å². The zero-order valence-electron chi connectivity index (χ0n) is 30.7. The first-order valence-corrected chi connectivity index (χ1v) is 20.8. The monoisotopic (exact) mass is 794 g/mol. The molecule has 0 heterocycles. The molecule has 0 spiro atoms. The van der Waals surface area contributed by atoms with Crippen molar-refractivity contribution in [2.75, 3.05) is 0 Å². The molecule has 0 radical (unpaired) electrons. The number of hydrogen-bond acceptors (Lipinski definition) is 9. The van der Waals surface area contributed by atoms with E-state index in [0.717, 1.165) is 44.6 Å². The largest absolute Gasteiger partial charge is 2.00 e. The van der Waals surface area contributed by atoms with Gasteiger partial charge in [0.1, 0.15) is 32.3 Å². The molecule has 0 saturated carbocycles. The Labute approximate surface area is 345 Å². The summed E-state index contributed by atoms with van der Waals surface area (Å²) >= 11 is 0. The van der Waals surface area contributed by atoms with Gasteiger partial charge in [-0.1, -0.05) is 127 Å². The van der Waals surface area contributed by atoms with Crippen molar-refractivity contribution in [3.05, 3.63) is 96.1 Å². The number of aromatic hydroxyl groups is 1. The molecule has 0 fully saturated rings. The van der Waals surface area contributed by atoms with E-state index in [9.17, 15) is 36.2 Å². The second-order valence-corrected chi connectivity index (χ2v) is 15.3. The van der Waals surface area contributed by atoms with E-state index < -0.39 is 41.5 Å². The van der Waals surface area contributed by atoms with Crippen LogP contribution in [0.25, 0.3) is 0 Å². The third-order valence-electron chi connectivity index (χ3n) is 8.41. The second kappa shape index (κ2) is 23.8. The van der Waals surface area contributed by atoms with Crippen LogP contribution in [0.15, 0.2) is 94.7 Å². The number of rotatable bonds is 20. The van der Waals surface area contributed by atoms with Crippen LogP contribution in [-0.2, 0) is 33.1 Å². The van der Waals surface area contributed by atoms with Crippen molar-refractivity contribution >= 4 is 58.0 Å². The van der Waals surface area contributed by atoms with Gasteiger partial charge in [-0.2, -0.15) is 8.42 Å². The quantitative estimate of drug-likeness (QED) is 0.0499. The first-order chi connectivity index (χ1) is 24.9. The maximum atomic E-state index is 12.5. The Bertz CT molecular complexity index is 1750. The maximum Gasteiger partial charge on any atom is 2.00 e. The molecule has 284 valence electrons. The van der Waals surface area contributed by atoms with Crippen LogP contribution in [0.4, 0.5) is 0 Å². The van der Waals surface area contributed by atoms with Crippen LogP contribution in [0, 0.1) is 0 Å². The molecule has 4 aromatic rings. The molecule has 0 saturated heterocycles. The van der Waals surface area contributed by atoms with Crippen molar-refractivity contribution in [3.63, 3.8) is 0 Å². The third kappa shape index (κ3) is 15.8. The van der Waals surface area contributed by atoms with Crippen molar-refractivity contribution in [2.24, 2.45) is 0 Å². The fraction of sp³-hybridized carbons (Fsp3) is 0.400. The van der Waals surface area contributed by atoms with E-state index in [4.69, 9.17) is 9.47 Å². The molecule has 2 N–H and O–H groups in total. The van der Waals surface area contributed by atoms with E-state index >= 15 is 0 Å². The average Bonchev–Trinajstić information content (AvgIpc) is 3.10. The Morgan fingerprint density at radius 2 is 0.962 bits per heavy atom. The summed E-state index contributed by atoms with van der Waals surface area (Å²) in [5.74, 6) is -0.498. The number of para-hydroxylation sites is 2. The van der Waals surface area contributed by atoms with Gasteiger partial charge in [0.15, 0.2) is 11.5 Å². The van der Waals surface area contributed by atoms with Gasteiger partial charge in [-0.25, -0.2) is 8.42 Å². The number of phenolic OH excluding ortho intramolecular Hbond substituents is 1. The first-order valence-electron chi connectivity index (χ1n) is 17.9. The molecular weight excluding hydrogens is 745 g/mol. The Kier molecular flexibility index (Phi) is 20.8. The van der Waals surface area contributed by atoms with Crippen molar-refractivity contribution in [2.45, 2.75) is 114 Å². The van der Waals surface area contributed by atoms with Crippen molar-refractivity contribution in [1.82, 2.24) is 0 Å². The van der Waals surface area contributed by atoms with Gasteiger partial charge >= 0.3 is 37.7 Å². The molecule has 53 heavy (non-hydrogen) atoms. The van der Waals surface area contributed by atoms with Crippen molar-refractivity contribution < 1.29 is 45.6 Å². The van der Waals surface area contributed by atoms with E-state index in [1.807, 2.05) is 6.07 Å². The summed E-state index contributed by atoms with van der Waals surface area (Å²) in [6.45, 7) is 4.33. The predicted molar refractivity (Wildman–Crippen MR) is 205 cm³/mol. The van der Waals surface area contributed by atoms with Gasteiger partial charge < -0.3 is 24.2 Å². The van der Waals surface area contributed by atoms with Gasteiger partial charge in [0.2, 0.25) is 0 Å². The number of ether oxygens (including phenoxy) is 2. The summed E-state index contributed by atoms with van der Waals surface area (Å²) in [5, 5.41) is 22.9. The normalized spacial score (nSPS) is 11.2. The molecular formula is C40H50CaO10S2. The zero-order chi connectivity index (χ0) is 38.0. The molecule has 4 aromatic carbocycles. The van der Waals surface area contributed by atoms with E-state index in [-0.39, 0.29) is 49.2 Å². The van der Waals surface area contributed by atoms with E-state index in [1.165, 1.54) is 50.7 Å². The van der Waals surface area contributed by atoms with E-state index in [1.54, 1.807) is 60.7 Å². The summed E-state index contributed by atoms with van der Waals surface area (Å²) in [4.78, 5) is -1.31. The number of aryl methyl sites for hydroxylation is 2. The van der Waals surface area contributed by atoms with Gasteiger partial charge in [-0.3, -0.25) is 4.55 Å². The third-order valence-corrected chi connectivity index (χ3v) is 10.2. The first kappa shape index (κ1) is 46.3. The molecule has 0 bridgehead atoms. The Balaban J connectivity index is 0.000000360. The molecule has 0 aliphatic rings. The Hall–Kier alpha value is -2.84. The molecule has 0 unspecified atom stereocenters. The van der Waals surface area contributed by atoms with Crippen LogP contribution in [0.3, 0.4) is 0 Å². The van der Waals surface area contributed by atoms with E-state index in [2.05, 4.69) is 13.8 Å². The number of benzene rings is 4. The standard InChI is InChI=1S/2C20H26O5S.Ca/c2*1-2-3-4-5-6-8-11-16-14-15-18(26(22,23)24)19(21)20(16)25-17-12-9-7-10-13-17;/h2*7,9-10,12-15,21H,2-6,8,11H2,1H3,(H,22,23,24);/q;;+2/p-2. The molecule has 10 nitrogen and oxygen atoms in total. The van der Waals surface area contributed by atoms with Gasteiger partial charge in [-0.15, -0.1) is 0 Å². The fourth-order valence-electron chi connectivity index (χ4n) is 5.61. The summed E-state index contributed by atoms with van der Waals surface area (Å²) in [6, 6.07) is 22.9. The summed E-state index contributed by atoms with van der Waals surface area (Å²) in [5.41, 5.74) is 1.34. The molecule has 0 atom stereocenters. The minimum atomic E-state index is -4.84. The minimum absolute atomic E-state index is 0. The average molecular weight is 795 g/mol. The van der Waals surface area contributed by atoms with Crippen LogP contribution < -0.4 is 14.6 Å². The summed E-state index contributed by atoms with van der Waals surface area (Å²) < 4.78 is 77.6. The zero-order valence-corrected chi connectivity index (χ0v) is 34.5. The molecule has 0 amide bonds. The van der Waals surface area contributed by atoms with Crippen molar-refractivity contribution in [3.8, 4) is 34.5 Å². The van der Waals surface area contributed by atoms with Crippen LogP contribution in [0.1, 0.15) is 102 Å². The van der Waals surface area contributed by atoms with Crippen LogP contribution in [0.2, 0.25) is 0 Å². The van der Waals surface area contributed by atoms with Crippen LogP contribution >= 0.6 is 0 Å². The Morgan fingerprint density at radius 1 is 0.566 bits per heavy atom. The fourth-order valence-corrected chi connectivity index (χ4v) is 6.74. The van der Waals surface area contributed by atoms with E-state index in [0.29, 0.717) is 35.5 Å². The van der Waals surface area contributed by atoms with Gasteiger partial charge in [0.25, 0.3) is 10.1 Å². The SMILES string of the molecule is CCCCCCCCc1ccc(S(=O)(=O)O)c(O)c1Oc1ccccc1.CCCCCCCCc1ccc(S(=O)(=O)[O-])c([O-])c1Oc1ccccc1.[Ca+2]. The smallest absolute Gasteiger partial charge is 0.869 e. The summed E-state index contributed by atoms with van der Waals surface area (Å²) in [7, 11) is -9.37. The second-order valence-electron chi connectivity index (χ2n) is 12.6. The van der Waals surface area contributed by atoms with Gasteiger partial charge in [0, 0.05) is 0 Å². The molecule has 0 aliphatic heterocycles. The van der Waals surface area contributed by atoms with Crippen molar-refractivity contribution in [1.29, 1.82) is 0 Å². The Morgan fingerprint density at radius 3 is 1.40 bits per heavy atom. The predicted octanol–water partition coefficient (Wildman–Crippen LogP) is 9.31. The molecule has 0 aromatic heterocycles. The number of hydrogen-bond donors (Lipinski definition) is 2. The topological polar surface area (TPSA) is 173 Å². The summed E-state index contributed by atoms with van der Waals surface area (Å²) in [6.07, 6.45) is 14.6. The van der Waals surface area contributed by atoms with Crippen LogP contribution in [0.5, 0.6) is 34.5 Å². The van der Waals surface area contributed by atoms with Crippen LogP contribution in [-0.4, -0.2) is 68.8 Å². The van der Waals surface area contributed by atoms with Gasteiger partial charge in [-0.05, 0) is 79.0 Å². The molecule has 0 aliphatic carbocycles. The number of phenols is 1. The number of unbranched alkanes of at least 4 members (excludes halogenated alkanes) is 10. The minimum Gasteiger partial charge on any atom is -0.869 e.